The molecule has 5 rings (SSSR count). The molecule has 4 aliphatic rings. The molecule has 1 aromatic rings. The highest BCUT2D eigenvalue weighted by Crippen LogP contribution is 2.62. The molecule has 1 aliphatic heterocycles. The Morgan fingerprint density at radius 2 is 1.88 bits per heavy atom. The van der Waals surface area contributed by atoms with E-state index in [-0.39, 0.29) is 23.5 Å². The minimum absolute atomic E-state index is 0.0798. The number of methoxy groups -OCH3 is 1. The largest absolute Gasteiger partial charge is 0.381 e. The third-order valence-electron chi connectivity index (χ3n) is 7.87. The van der Waals surface area contributed by atoms with Crippen molar-refractivity contribution in [2.45, 2.75) is 95.6 Å². The molecule has 3 aliphatic carbocycles. The maximum Gasteiger partial charge on any atom is 0.262 e. The van der Waals surface area contributed by atoms with Gasteiger partial charge in [0.15, 0.2) is 10.7 Å². The summed E-state index contributed by atoms with van der Waals surface area (Å²) in [5.41, 5.74) is 2.39. The fraction of sp³-hybridized carbons (Fsp3) is 0.643. The summed E-state index contributed by atoms with van der Waals surface area (Å²) in [6, 6.07) is 6.65. The number of carbonyl (C=O) groups excluding carboxylic acids is 1. The normalized spacial score (nSPS) is 30.9. The number of hydrogen-bond acceptors (Lipinski definition) is 4. The van der Waals surface area contributed by atoms with Gasteiger partial charge in [0.2, 0.25) is 0 Å². The predicted molar refractivity (Wildman–Crippen MR) is 135 cm³/mol. The van der Waals surface area contributed by atoms with Gasteiger partial charge in [-0.15, -0.1) is 0 Å². The van der Waals surface area contributed by atoms with Crippen LogP contribution >= 0.6 is 11.8 Å². The van der Waals surface area contributed by atoms with E-state index in [1.54, 1.807) is 11.8 Å². The van der Waals surface area contributed by atoms with Gasteiger partial charge in [-0.2, -0.15) is 0 Å². The van der Waals surface area contributed by atoms with Gasteiger partial charge >= 0.3 is 0 Å². The third-order valence-corrected chi connectivity index (χ3v) is 8.84. The Kier molecular flexibility index (Phi) is 5.90. The summed E-state index contributed by atoms with van der Waals surface area (Å²) in [6.45, 7) is 8.56. The molecule has 2 fully saturated rings. The molecule has 2 spiro atoms. The lowest BCUT2D eigenvalue weighted by molar-refractivity contribution is -0.139. The van der Waals surface area contributed by atoms with E-state index in [9.17, 15) is 4.79 Å². The number of thioether (sulfide) groups is 1. The topological polar surface area (TPSA) is 41.9 Å². The van der Waals surface area contributed by atoms with Crippen molar-refractivity contribution in [2.24, 2.45) is 16.3 Å². The van der Waals surface area contributed by atoms with Crippen LogP contribution in [-0.4, -0.2) is 40.5 Å². The van der Waals surface area contributed by atoms with Gasteiger partial charge < -0.3 is 4.74 Å². The Balaban J connectivity index is 1.66. The Hall–Kier alpha value is -1.77. The van der Waals surface area contributed by atoms with Crippen LogP contribution in [0.3, 0.4) is 0 Å². The Morgan fingerprint density at radius 1 is 1.15 bits per heavy atom. The number of ether oxygens (including phenoxy) is 1. The predicted octanol–water partition coefficient (Wildman–Crippen LogP) is 5.52. The van der Waals surface area contributed by atoms with E-state index in [1.807, 2.05) is 12.0 Å². The van der Waals surface area contributed by atoms with Crippen molar-refractivity contribution in [1.29, 1.82) is 0 Å². The average Bonchev–Trinajstić information content (AvgIpc) is 3.51. The molecule has 0 saturated heterocycles. The molecule has 1 amide bonds. The number of amidine groups is 1. The molecular formula is C28H36N2O2S. The third kappa shape index (κ3) is 3.74. The first kappa shape index (κ1) is 23.0. The molecule has 0 bridgehead atoms. The van der Waals surface area contributed by atoms with E-state index in [0.717, 1.165) is 48.4 Å². The van der Waals surface area contributed by atoms with Crippen LogP contribution < -0.4 is 0 Å². The summed E-state index contributed by atoms with van der Waals surface area (Å²) in [5, 5.41) is 1.25. The second kappa shape index (κ2) is 8.47. The highest BCUT2D eigenvalue weighted by atomic mass is 32.2. The van der Waals surface area contributed by atoms with Crippen LogP contribution in [0.1, 0.15) is 82.9 Å². The van der Waals surface area contributed by atoms with E-state index < -0.39 is 5.54 Å². The smallest absolute Gasteiger partial charge is 0.262 e. The molecule has 33 heavy (non-hydrogen) atoms. The van der Waals surface area contributed by atoms with E-state index >= 15 is 0 Å². The fourth-order valence-corrected chi connectivity index (χ4v) is 7.05. The summed E-state index contributed by atoms with van der Waals surface area (Å²) in [5.74, 6) is 7.52. The number of amides is 1. The van der Waals surface area contributed by atoms with Gasteiger partial charge in [-0.3, -0.25) is 9.69 Å². The number of carbonyl (C=O) groups is 1. The quantitative estimate of drug-likeness (QED) is 0.553. The summed E-state index contributed by atoms with van der Waals surface area (Å²) >= 11 is 1.72. The second-order valence-electron chi connectivity index (χ2n) is 10.8. The van der Waals surface area contributed by atoms with E-state index in [4.69, 9.17) is 9.73 Å². The number of fused-ring (bicyclic) bond motifs is 3. The van der Waals surface area contributed by atoms with Gasteiger partial charge in [0.05, 0.1) is 6.10 Å². The standard InChI is InChI=1S/C28H36N2O2S/c1-18(2)30-25(31)28(29-26(30)33-19(3)4)24-16-21(9-8-20-6-7-20)10-11-22(24)17-27(28)14-12-23(32-5)13-15-27/h10-11,16,18-20,23H,6-7,12-15,17H2,1-5H3. The SMILES string of the molecule is COC1CCC2(CC1)Cc1ccc(C#CC3CC3)cc1C21N=C(SC(C)C)N(C(C)C)C1=O. The summed E-state index contributed by atoms with van der Waals surface area (Å²) in [4.78, 5) is 21.9. The Bertz CT molecular complexity index is 1040. The first-order valence-corrected chi connectivity index (χ1v) is 13.5. The van der Waals surface area contributed by atoms with Gasteiger partial charge in [-0.05, 0) is 82.1 Å². The number of benzene rings is 1. The molecule has 176 valence electrons. The molecule has 1 atom stereocenters. The second-order valence-corrected chi connectivity index (χ2v) is 12.4. The lowest BCUT2D eigenvalue weighted by Crippen LogP contribution is -2.53. The molecule has 1 unspecified atom stereocenters. The lowest BCUT2D eigenvalue weighted by atomic mass is 9.61. The van der Waals surface area contributed by atoms with Crippen molar-refractivity contribution < 1.29 is 9.53 Å². The van der Waals surface area contributed by atoms with Crippen LogP contribution in [0.15, 0.2) is 23.2 Å². The van der Waals surface area contributed by atoms with Gasteiger partial charge in [0.25, 0.3) is 5.91 Å². The van der Waals surface area contributed by atoms with Crippen molar-refractivity contribution in [1.82, 2.24) is 4.90 Å². The summed E-state index contributed by atoms with van der Waals surface area (Å²) in [6.07, 6.45) is 7.52. The molecule has 0 aromatic heterocycles. The van der Waals surface area contributed by atoms with Crippen LogP contribution in [0, 0.1) is 23.2 Å². The zero-order valence-electron chi connectivity index (χ0n) is 20.6. The van der Waals surface area contributed by atoms with Crippen molar-refractivity contribution >= 4 is 22.8 Å². The number of hydrogen-bond donors (Lipinski definition) is 0. The first-order chi connectivity index (χ1) is 15.8. The monoisotopic (exact) mass is 464 g/mol. The molecule has 5 heteroatoms. The van der Waals surface area contributed by atoms with Crippen LogP contribution in [0.2, 0.25) is 0 Å². The molecule has 0 radical (unpaired) electrons. The Labute approximate surface area is 202 Å². The molecule has 4 nitrogen and oxygen atoms in total. The number of aliphatic imine (C=N–C) groups is 1. The minimum atomic E-state index is -0.834. The highest BCUT2D eigenvalue weighted by Gasteiger charge is 2.67. The van der Waals surface area contributed by atoms with Gasteiger partial charge in [-0.1, -0.05) is 43.5 Å². The zero-order chi connectivity index (χ0) is 23.4. The molecule has 2 saturated carbocycles. The fourth-order valence-electron chi connectivity index (χ4n) is 6.03. The van der Waals surface area contributed by atoms with Crippen molar-refractivity contribution in [3.05, 3.63) is 34.9 Å². The lowest BCUT2D eigenvalue weighted by Gasteiger charge is -2.45. The summed E-state index contributed by atoms with van der Waals surface area (Å²) in [7, 11) is 1.81. The maximum absolute atomic E-state index is 14.5. The van der Waals surface area contributed by atoms with Crippen LogP contribution in [0.25, 0.3) is 0 Å². The highest BCUT2D eigenvalue weighted by molar-refractivity contribution is 8.14. The van der Waals surface area contributed by atoms with Gasteiger partial charge in [0, 0.05) is 35.3 Å². The molecule has 1 heterocycles. The number of nitrogens with zero attached hydrogens (tertiary/aromatic N) is 2. The van der Waals surface area contributed by atoms with Crippen molar-refractivity contribution in [3.8, 4) is 11.8 Å². The molecule has 0 N–H and O–H groups in total. The van der Waals surface area contributed by atoms with Crippen molar-refractivity contribution in [2.75, 3.05) is 7.11 Å². The maximum atomic E-state index is 14.5. The molecule has 1 aromatic carbocycles. The first-order valence-electron chi connectivity index (χ1n) is 12.6. The minimum Gasteiger partial charge on any atom is -0.381 e. The van der Waals surface area contributed by atoms with Crippen LogP contribution in [-0.2, 0) is 21.5 Å². The van der Waals surface area contributed by atoms with E-state index in [0.29, 0.717) is 11.2 Å². The van der Waals surface area contributed by atoms with Crippen LogP contribution in [0.4, 0.5) is 0 Å². The van der Waals surface area contributed by atoms with E-state index in [2.05, 4.69) is 57.7 Å². The van der Waals surface area contributed by atoms with Gasteiger partial charge in [0.1, 0.15) is 0 Å². The van der Waals surface area contributed by atoms with Crippen molar-refractivity contribution in [3.63, 3.8) is 0 Å². The van der Waals surface area contributed by atoms with Crippen LogP contribution in [0.5, 0.6) is 0 Å². The summed E-state index contributed by atoms with van der Waals surface area (Å²) < 4.78 is 5.71. The number of rotatable bonds is 3. The Morgan fingerprint density at radius 3 is 2.48 bits per heavy atom. The van der Waals surface area contributed by atoms with E-state index in [1.165, 1.54) is 18.4 Å². The van der Waals surface area contributed by atoms with Gasteiger partial charge in [-0.25, -0.2) is 4.99 Å². The zero-order valence-corrected chi connectivity index (χ0v) is 21.4. The molecular weight excluding hydrogens is 428 g/mol. The average molecular weight is 465 g/mol.